The van der Waals surface area contributed by atoms with E-state index in [1.807, 2.05) is 0 Å². The van der Waals surface area contributed by atoms with Crippen molar-refractivity contribution >= 4 is 23.5 Å². The van der Waals surface area contributed by atoms with E-state index < -0.39 is 5.82 Å². The molecule has 4 rings (SSSR count). The van der Waals surface area contributed by atoms with Crippen molar-refractivity contribution in [2.75, 3.05) is 32.7 Å². The van der Waals surface area contributed by atoms with E-state index in [9.17, 15) is 14.3 Å². The second kappa shape index (κ2) is 8.14. The number of aromatic hydroxyl groups is 1. The minimum Gasteiger partial charge on any atom is -0.507 e. The van der Waals surface area contributed by atoms with Gasteiger partial charge < -0.3 is 19.6 Å². The Labute approximate surface area is 173 Å². The van der Waals surface area contributed by atoms with Crippen molar-refractivity contribution in [1.82, 2.24) is 0 Å². The van der Waals surface area contributed by atoms with Gasteiger partial charge in [0.25, 0.3) is 0 Å². The monoisotopic (exact) mass is 418 g/mol. The lowest BCUT2D eigenvalue weighted by atomic mass is 10.0. The van der Waals surface area contributed by atoms with Crippen molar-refractivity contribution < 1.29 is 28.8 Å². The predicted octanol–water partition coefficient (Wildman–Crippen LogP) is 1.10. The van der Waals surface area contributed by atoms with Crippen LogP contribution in [-0.2, 0) is 6.54 Å². The Hall–Kier alpha value is -2.41. The molecule has 3 N–H and O–H groups in total. The van der Waals surface area contributed by atoms with Crippen molar-refractivity contribution in [3.63, 3.8) is 0 Å². The van der Waals surface area contributed by atoms with Gasteiger partial charge in [-0.15, -0.1) is 0 Å². The van der Waals surface area contributed by atoms with E-state index in [4.69, 9.17) is 16.3 Å². The van der Waals surface area contributed by atoms with E-state index in [1.165, 1.54) is 29.2 Å². The van der Waals surface area contributed by atoms with Crippen LogP contribution in [0.2, 0.25) is 5.02 Å². The Kier molecular flexibility index (Phi) is 5.58. The lowest BCUT2D eigenvalue weighted by Crippen LogP contribution is -3.27. The number of carbonyl (C=O) groups is 1. The van der Waals surface area contributed by atoms with E-state index >= 15 is 0 Å². The molecule has 0 aromatic heterocycles. The molecule has 1 saturated heterocycles. The number of ether oxygens (including phenoxy) is 1. The highest BCUT2D eigenvalue weighted by molar-refractivity contribution is 6.32. The third-order valence-electron chi connectivity index (χ3n) is 5.78. The molecule has 2 aliphatic heterocycles. The molecule has 0 bridgehead atoms. The molecule has 2 aromatic rings. The standard InChI is InChI=1S/C22H22ClFN2O3/c1-2-25-8-10-26(11-9-25)13-16-19(27)7-6-14-21(28)20(29-22(14)16)12-15-17(23)4-3-5-18(15)24/h3-7,12,27H,2,8-11,13H2,1H3/p+2/b20-12+. The first-order valence-corrected chi connectivity index (χ1v) is 10.3. The summed E-state index contributed by atoms with van der Waals surface area (Å²) in [5.74, 6) is -0.378. The first-order valence-electron chi connectivity index (χ1n) is 9.88. The average Bonchev–Trinajstić information content (AvgIpc) is 3.03. The summed E-state index contributed by atoms with van der Waals surface area (Å²) in [4.78, 5) is 15.7. The van der Waals surface area contributed by atoms with Crippen LogP contribution in [-0.4, -0.2) is 43.6 Å². The zero-order valence-electron chi connectivity index (χ0n) is 16.2. The van der Waals surface area contributed by atoms with Crippen LogP contribution >= 0.6 is 11.6 Å². The normalized spacial score (nSPS) is 22.6. The van der Waals surface area contributed by atoms with Crippen molar-refractivity contribution in [2.24, 2.45) is 0 Å². The number of ketones is 1. The number of benzene rings is 2. The highest BCUT2D eigenvalue weighted by atomic mass is 35.5. The van der Waals surface area contributed by atoms with Crippen LogP contribution in [0.5, 0.6) is 11.5 Å². The summed E-state index contributed by atoms with van der Waals surface area (Å²) < 4.78 is 20.0. The van der Waals surface area contributed by atoms with Crippen LogP contribution in [0.3, 0.4) is 0 Å². The first-order chi connectivity index (χ1) is 14.0. The van der Waals surface area contributed by atoms with Crippen LogP contribution in [0.25, 0.3) is 6.08 Å². The van der Waals surface area contributed by atoms with Gasteiger partial charge in [0.2, 0.25) is 5.78 Å². The summed E-state index contributed by atoms with van der Waals surface area (Å²) in [5, 5.41) is 10.6. The SMILES string of the molecule is CC[NH+]1CC[NH+](Cc2c(O)ccc3c2O/C(=C/c2c(F)cccc2Cl)C3=O)CC1. The van der Waals surface area contributed by atoms with E-state index in [2.05, 4.69) is 6.92 Å². The molecule has 0 radical (unpaired) electrons. The third kappa shape index (κ3) is 3.88. The fraction of sp³-hybridized carbons (Fsp3) is 0.318. The molecule has 1 fully saturated rings. The number of fused-ring (bicyclic) bond motifs is 1. The summed E-state index contributed by atoms with van der Waals surface area (Å²) in [5.41, 5.74) is 1.11. The molecular formula is C22H24ClFN2O3+2. The number of phenols is 1. The maximum atomic E-state index is 14.1. The van der Waals surface area contributed by atoms with Gasteiger partial charge in [-0.1, -0.05) is 17.7 Å². The minimum absolute atomic E-state index is 0.00842. The van der Waals surface area contributed by atoms with E-state index in [-0.39, 0.29) is 27.9 Å². The molecule has 2 aromatic carbocycles. The van der Waals surface area contributed by atoms with Crippen molar-refractivity contribution in [2.45, 2.75) is 13.5 Å². The highest BCUT2D eigenvalue weighted by Gasteiger charge is 2.33. The lowest BCUT2D eigenvalue weighted by Gasteiger charge is -2.29. The van der Waals surface area contributed by atoms with Gasteiger partial charge in [-0.05, 0) is 37.3 Å². The van der Waals surface area contributed by atoms with Gasteiger partial charge in [0, 0.05) is 5.56 Å². The van der Waals surface area contributed by atoms with Gasteiger partial charge in [-0.3, -0.25) is 4.79 Å². The number of piperazine rings is 1. The number of likely N-dealkylation sites (N-methyl/N-ethyl adjacent to an activating group) is 1. The largest absolute Gasteiger partial charge is 0.507 e. The maximum Gasteiger partial charge on any atom is 0.231 e. The van der Waals surface area contributed by atoms with Crippen molar-refractivity contribution in [3.8, 4) is 11.5 Å². The number of rotatable bonds is 4. The zero-order chi connectivity index (χ0) is 20.5. The number of hydrogen-bond acceptors (Lipinski definition) is 3. The summed E-state index contributed by atoms with van der Waals surface area (Å²) in [6.45, 7) is 8.03. The highest BCUT2D eigenvalue weighted by Crippen LogP contribution is 2.39. The maximum absolute atomic E-state index is 14.1. The number of halogens is 2. The summed E-state index contributed by atoms with van der Waals surface area (Å²) in [7, 11) is 0. The first kappa shape index (κ1) is 19.9. The third-order valence-corrected chi connectivity index (χ3v) is 6.11. The molecule has 0 saturated carbocycles. The fourth-order valence-electron chi connectivity index (χ4n) is 3.98. The summed E-state index contributed by atoms with van der Waals surface area (Å²) in [6.07, 6.45) is 1.33. The van der Waals surface area contributed by atoms with Crippen molar-refractivity contribution in [3.05, 3.63) is 63.6 Å². The molecule has 7 heteroatoms. The van der Waals surface area contributed by atoms with Gasteiger partial charge in [0.05, 0.1) is 22.7 Å². The van der Waals surface area contributed by atoms with Crippen molar-refractivity contribution in [1.29, 1.82) is 0 Å². The van der Waals surface area contributed by atoms with Crippen LogP contribution < -0.4 is 14.5 Å². The van der Waals surface area contributed by atoms with Gasteiger partial charge in [0.15, 0.2) is 11.5 Å². The molecule has 0 unspecified atom stereocenters. The number of quaternary nitrogens is 2. The number of carbonyl (C=O) groups excluding carboxylic acids is 1. The van der Waals surface area contributed by atoms with Gasteiger partial charge in [-0.2, -0.15) is 0 Å². The van der Waals surface area contributed by atoms with Crippen LogP contribution in [0.15, 0.2) is 36.1 Å². The molecule has 152 valence electrons. The smallest absolute Gasteiger partial charge is 0.231 e. The Balaban J connectivity index is 1.62. The lowest BCUT2D eigenvalue weighted by molar-refractivity contribution is -1.02. The molecule has 5 nitrogen and oxygen atoms in total. The second-order valence-electron chi connectivity index (χ2n) is 7.55. The summed E-state index contributed by atoms with van der Waals surface area (Å²) in [6, 6.07) is 7.42. The summed E-state index contributed by atoms with van der Waals surface area (Å²) >= 11 is 6.08. The Morgan fingerprint density at radius 1 is 1.17 bits per heavy atom. The van der Waals surface area contributed by atoms with Gasteiger partial charge in [-0.25, -0.2) is 4.39 Å². The minimum atomic E-state index is -0.527. The topological polar surface area (TPSA) is 55.4 Å². The predicted molar refractivity (Wildman–Crippen MR) is 108 cm³/mol. The van der Waals surface area contributed by atoms with E-state index in [0.717, 1.165) is 32.7 Å². The molecule has 29 heavy (non-hydrogen) atoms. The van der Waals surface area contributed by atoms with Gasteiger partial charge >= 0.3 is 0 Å². The quantitative estimate of drug-likeness (QED) is 0.652. The van der Waals surface area contributed by atoms with Crippen LogP contribution in [0.4, 0.5) is 4.39 Å². The number of phenolic OH excluding ortho intramolecular Hbond substituents is 1. The molecule has 2 heterocycles. The molecule has 0 atom stereocenters. The van der Waals surface area contributed by atoms with Gasteiger partial charge in [0.1, 0.15) is 44.3 Å². The molecular weight excluding hydrogens is 395 g/mol. The van der Waals surface area contributed by atoms with Crippen LogP contribution in [0, 0.1) is 5.82 Å². The molecule has 0 spiro atoms. The zero-order valence-corrected chi connectivity index (χ0v) is 17.0. The Bertz CT molecular complexity index is 964. The molecule has 0 aliphatic carbocycles. The average molecular weight is 419 g/mol. The molecule has 2 aliphatic rings. The second-order valence-corrected chi connectivity index (χ2v) is 7.95. The Morgan fingerprint density at radius 3 is 2.59 bits per heavy atom. The number of nitrogens with one attached hydrogen (secondary N) is 2. The Morgan fingerprint density at radius 2 is 1.90 bits per heavy atom. The number of allylic oxidation sites excluding steroid dienone is 1. The van der Waals surface area contributed by atoms with E-state index in [1.54, 1.807) is 17.0 Å². The van der Waals surface area contributed by atoms with E-state index in [0.29, 0.717) is 23.4 Å². The number of Topliss-reactive ketones (excluding diaryl/α,β-unsaturated/α-hetero) is 1. The number of hydrogen-bond donors (Lipinski definition) is 3. The molecule has 0 amide bonds. The van der Waals surface area contributed by atoms with Crippen LogP contribution in [0.1, 0.15) is 28.4 Å². The fourth-order valence-corrected chi connectivity index (χ4v) is 4.20.